The molecule has 2 aliphatic rings. The molecule has 2 N–H and O–H groups in total. The fourth-order valence-corrected chi connectivity index (χ4v) is 7.54. The Balaban J connectivity index is 1.38. The normalized spacial score (nSPS) is 16.9. The number of thiazole rings is 1. The first-order valence-electron chi connectivity index (χ1n) is 13.3. The number of benzene rings is 2. The summed E-state index contributed by atoms with van der Waals surface area (Å²) in [6, 6.07) is 20.1. The third-order valence-electron chi connectivity index (χ3n) is 7.33. The van der Waals surface area contributed by atoms with E-state index in [0.29, 0.717) is 17.3 Å². The summed E-state index contributed by atoms with van der Waals surface area (Å²) in [5.74, 6) is 2.09. The zero-order valence-electron chi connectivity index (χ0n) is 21.8. The van der Waals surface area contributed by atoms with Gasteiger partial charge in [-0.25, -0.2) is 9.97 Å². The lowest BCUT2D eigenvalue weighted by atomic mass is 9.89. The van der Waals surface area contributed by atoms with Gasteiger partial charge in [0, 0.05) is 34.6 Å². The number of hydrogen-bond donors (Lipinski definition) is 2. The average molecular weight is 558 g/mol. The Morgan fingerprint density at radius 3 is 2.72 bits per heavy atom. The third kappa shape index (κ3) is 5.39. The number of thioether (sulfide) groups is 1. The number of fused-ring (bicyclic) bond motifs is 1. The van der Waals surface area contributed by atoms with Crippen molar-refractivity contribution in [2.75, 3.05) is 29.9 Å². The molecule has 1 unspecified atom stereocenters. The summed E-state index contributed by atoms with van der Waals surface area (Å²) in [6.45, 7) is 4.60. The number of hydrogen-bond acceptors (Lipinski definition) is 9. The minimum atomic E-state index is -0.748. The van der Waals surface area contributed by atoms with Crippen molar-refractivity contribution in [3.63, 3.8) is 0 Å². The second kappa shape index (κ2) is 11.4. The molecule has 2 aliphatic heterocycles. The van der Waals surface area contributed by atoms with E-state index in [2.05, 4.69) is 44.8 Å². The molecule has 4 heterocycles. The molecule has 1 atom stereocenters. The fraction of sp³-hybridized carbons (Fsp3) is 0.300. The van der Waals surface area contributed by atoms with Crippen LogP contribution in [0.3, 0.4) is 0 Å². The SMILES string of the molecule is Cc1csc(Nc2ncc(SC(C=O)(C3CCNCC3)N3CCc4ccccc43)cc2Oc2ccccc2)n1. The number of anilines is 3. The number of nitrogens with one attached hydrogen (secondary N) is 2. The highest BCUT2D eigenvalue weighted by molar-refractivity contribution is 8.01. The van der Waals surface area contributed by atoms with Crippen molar-refractivity contribution in [1.82, 2.24) is 15.3 Å². The summed E-state index contributed by atoms with van der Waals surface area (Å²) in [6.07, 6.45) is 5.83. The summed E-state index contributed by atoms with van der Waals surface area (Å²) in [5, 5.41) is 9.54. The number of aromatic nitrogens is 2. The van der Waals surface area contributed by atoms with Crippen LogP contribution in [0.2, 0.25) is 0 Å². The van der Waals surface area contributed by atoms with Crippen LogP contribution in [0.25, 0.3) is 0 Å². The Labute approximate surface area is 237 Å². The largest absolute Gasteiger partial charge is 0.453 e. The first-order chi connectivity index (χ1) is 19.1. The van der Waals surface area contributed by atoms with Gasteiger partial charge in [0.05, 0.1) is 5.69 Å². The number of nitrogens with zero attached hydrogens (tertiary/aromatic N) is 3. The maximum Gasteiger partial charge on any atom is 0.188 e. The summed E-state index contributed by atoms with van der Waals surface area (Å²) in [4.78, 5) is 25.0. The molecule has 39 heavy (non-hydrogen) atoms. The van der Waals surface area contributed by atoms with E-state index in [0.717, 1.165) is 60.3 Å². The van der Waals surface area contributed by atoms with Crippen LogP contribution in [-0.2, 0) is 11.2 Å². The molecular formula is C30H31N5O2S2. The highest BCUT2D eigenvalue weighted by Crippen LogP contribution is 2.49. The van der Waals surface area contributed by atoms with Crippen molar-refractivity contribution >= 4 is 46.0 Å². The first kappa shape index (κ1) is 25.9. The molecule has 7 nitrogen and oxygen atoms in total. The van der Waals surface area contributed by atoms with Crippen LogP contribution in [0, 0.1) is 12.8 Å². The van der Waals surface area contributed by atoms with Gasteiger partial charge in [0.2, 0.25) is 0 Å². The lowest BCUT2D eigenvalue weighted by Gasteiger charge is -2.45. The lowest BCUT2D eigenvalue weighted by molar-refractivity contribution is -0.111. The quantitative estimate of drug-likeness (QED) is 0.180. The van der Waals surface area contributed by atoms with Crippen molar-refractivity contribution < 1.29 is 9.53 Å². The maximum absolute atomic E-state index is 13.3. The molecule has 9 heteroatoms. The van der Waals surface area contributed by atoms with E-state index in [9.17, 15) is 4.79 Å². The Kier molecular flexibility index (Phi) is 7.54. The van der Waals surface area contributed by atoms with Gasteiger partial charge < -0.3 is 20.3 Å². The van der Waals surface area contributed by atoms with Gasteiger partial charge in [0.15, 0.2) is 23.0 Å². The van der Waals surface area contributed by atoms with Crippen LogP contribution in [0.15, 0.2) is 77.1 Å². The number of carbonyl (C=O) groups excluding carboxylic acids is 1. The van der Waals surface area contributed by atoms with Crippen LogP contribution >= 0.6 is 23.1 Å². The molecule has 0 spiro atoms. The number of aryl methyl sites for hydroxylation is 1. The molecule has 4 aromatic rings. The summed E-state index contributed by atoms with van der Waals surface area (Å²) < 4.78 is 6.33. The predicted octanol–water partition coefficient (Wildman–Crippen LogP) is 6.43. The standard InChI is InChI=1S/C30H31N5O2S2/c1-21-19-38-29(33-21)34-28-27(37-24-8-3-2-4-9-24)17-25(18-32-28)39-30(20-36,23-11-14-31-15-12-23)35-16-13-22-7-5-6-10-26(22)35/h2-10,17-20,23,31H,11-16H2,1H3,(H,32,33,34). The van der Waals surface area contributed by atoms with Crippen LogP contribution in [0.1, 0.15) is 24.1 Å². The molecular weight excluding hydrogens is 526 g/mol. The molecule has 0 saturated carbocycles. The van der Waals surface area contributed by atoms with Gasteiger partial charge in [-0.2, -0.15) is 0 Å². The zero-order chi connectivity index (χ0) is 26.7. The first-order valence-corrected chi connectivity index (χ1v) is 15.0. The van der Waals surface area contributed by atoms with Crippen LogP contribution in [0.4, 0.5) is 16.6 Å². The Morgan fingerprint density at radius 1 is 1.15 bits per heavy atom. The van der Waals surface area contributed by atoms with E-state index in [4.69, 9.17) is 9.72 Å². The molecule has 200 valence electrons. The average Bonchev–Trinajstić information content (AvgIpc) is 3.60. The van der Waals surface area contributed by atoms with Crippen molar-refractivity contribution in [3.8, 4) is 11.5 Å². The smallest absolute Gasteiger partial charge is 0.188 e. The second-order valence-electron chi connectivity index (χ2n) is 9.88. The summed E-state index contributed by atoms with van der Waals surface area (Å²) in [7, 11) is 0. The lowest BCUT2D eigenvalue weighted by Crippen LogP contribution is -2.55. The van der Waals surface area contributed by atoms with Crippen molar-refractivity contribution in [2.45, 2.75) is 36.0 Å². The van der Waals surface area contributed by atoms with Crippen LogP contribution in [-0.4, -0.2) is 40.8 Å². The van der Waals surface area contributed by atoms with Crippen molar-refractivity contribution in [3.05, 3.63) is 83.5 Å². The minimum absolute atomic E-state index is 0.196. The fourth-order valence-electron chi connectivity index (χ4n) is 5.45. The molecule has 6 rings (SSSR count). The number of aldehydes is 1. The Bertz CT molecular complexity index is 1440. The number of ether oxygens (including phenoxy) is 1. The molecule has 2 aromatic heterocycles. The maximum atomic E-state index is 13.3. The van der Waals surface area contributed by atoms with E-state index in [1.54, 1.807) is 11.8 Å². The van der Waals surface area contributed by atoms with E-state index >= 15 is 0 Å². The van der Waals surface area contributed by atoms with Gasteiger partial charge in [0.1, 0.15) is 10.6 Å². The molecule has 0 aliphatic carbocycles. The Hall–Kier alpha value is -3.40. The molecule has 0 bridgehead atoms. The molecule has 2 aromatic carbocycles. The van der Waals surface area contributed by atoms with Gasteiger partial charge in [-0.3, -0.25) is 4.79 Å². The number of carbonyl (C=O) groups is 1. The van der Waals surface area contributed by atoms with E-state index < -0.39 is 4.87 Å². The topological polar surface area (TPSA) is 79.4 Å². The number of pyridine rings is 1. The van der Waals surface area contributed by atoms with Crippen molar-refractivity contribution in [1.29, 1.82) is 0 Å². The van der Waals surface area contributed by atoms with Gasteiger partial charge in [0.25, 0.3) is 0 Å². The van der Waals surface area contributed by atoms with Gasteiger partial charge in [-0.1, -0.05) is 48.2 Å². The third-order valence-corrected chi connectivity index (χ3v) is 9.64. The highest BCUT2D eigenvalue weighted by Gasteiger charge is 2.47. The molecule has 1 fully saturated rings. The van der Waals surface area contributed by atoms with Gasteiger partial charge >= 0.3 is 0 Å². The number of rotatable bonds is 9. The summed E-state index contributed by atoms with van der Waals surface area (Å²) in [5.41, 5.74) is 3.40. The highest BCUT2D eigenvalue weighted by atomic mass is 32.2. The van der Waals surface area contributed by atoms with E-state index in [1.165, 1.54) is 23.2 Å². The molecule has 1 saturated heterocycles. The predicted molar refractivity (Wildman–Crippen MR) is 159 cm³/mol. The summed E-state index contributed by atoms with van der Waals surface area (Å²) >= 11 is 3.12. The van der Waals surface area contributed by atoms with Crippen molar-refractivity contribution in [2.24, 2.45) is 5.92 Å². The minimum Gasteiger partial charge on any atom is -0.453 e. The second-order valence-corrected chi connectivity index (χ2v) is 12.1. The molecule has 0 amide bonds. The zero-order valence-corrected chi connectivity index (χ0v) is 23.4. The van der Waals surface area contributed by atoms with Crippen LogP contribution in [0.5, 0.6) is 11.5 Å². The van der Waals surface area contributed by atoms with Crippen LogP contribution < -0.4 is 20.3 Å². The number of para-hydroxylation sites is 2. The van der Waals surface area contributed by atoms with Gasteiger partial charge in [-0.05, 0) is 69.1 Å². The van der Waals surface area contributed by atoms with E-state index in [-0.39, 0.29) is 5.92 Å². The monoisotopic (exact) mass is 557 g/mol. The van der Waals surface area contributed by atoms with Gasteiger partial charge in [-0.15, -0.1) is 11.3 Å². The Morgan fingerprint density at radius 2 is 1.95 bits per heavy atom. The molecule has 0 radical (unpaired) electrons. The van der Waals surface area contributed by atoms with E-state index in [1.807, 2.05) is 54.9 Å². The number of piperidine rings is 1.